The molecule has 1 amide bonds. The van der Waals surface area contributed by atoms with Crippen LogP contribution in [-0.4, -0.2) is 26.4 Å². The van der Waals surface area contributed by atoms with Crippen LogP contribution in [-0.2, 0) is 11.3 Å². The monoisotopic (exact) mass is 336 g/mol. The Morgan fingerprint density at radius 3 is 2.83 bits per heavy atom. The molecule has 0 saturated carbocycles. The second-order valence-corrected chi connectivity index (χ2v) is 6.63. The zero-order valence-electron chi connectivity index (χ0n) is 12.9. The van der Waals surface area contributed by atoms with Crippen molar-refractivity contribution in [3.63, 3.8) is 0 Å². The van der Waals surface area contributed by atoms with E-state index in [2.05, 4.69) is 21.6 Å². The number of benzene rings is 2. The Labute approximate surface area is 144 Å². The SMILES string of the molecule is O=C(NCc1nncn1-c1ccccc1)[C@H]1CSc2ccccc21. The van der Waals surface area contributed by atoms with Gasteiger partial charge in [-0.05, 0) is 23.8 Å². The van der Waals surface area contributed by atoms with Gasteiger partial charge in [-0.1, -0.05) is 36.4 Å². The van der Waals surface area contributed by atoms with Crippen molar-refractivity contribution >= 4 is 17.7 Å². The quantitative estimate of drug-likeness (QED) is 0.796. The van der Waals surface area contributed by atoms with Crippen LogP contribution < -0.4 is 5.32 Å². The van der Waals surface area contributed by atoms with Crippen molar-refractivity contribution in [1.82, 2.24) is 20.1 Å². The van der Waals surface area contributed by atoms with Crippen molar-refractivity contribution < 1.29 is 4.79 Å². The van der Waals surface area contributed by atoms with Gasteiger partial charge in [0.15, 0.2) is 5.82 Å². The number of para-hydroxylation sites is 1. The molecule has 4 rings (SSSR count). The number of hydrogen-bond acceptors (Lipinski definition) is 4. The predicted molar refractivity (Wildman–Crippen MR) is 93.1 cm³/mol. The van der Waals surface area contributed by atoms with Gasteiger partial charge in [-0.3, -0.25) is 9.36 Å². The number of hydrogen-bond donors (Lipinski definition) is 1. The topological polar surface area (TPSA) is 59.8 Å². The first-order valence-electron chi connectivity index (χ1n) is 7.76. The highest BCUT2D eigenvalue weighted by Gasteiger charge is 2.28. The average Bonchev–Trinajstić information content (AvgIpc) is 3.27. The summed E-state index contributed by atoms with van der Waals surface area (Å²) in [6.45, 7) is 0.358. The first-order chi connectivity index (χ1) is 11.8. The third kappa shape index (κ3) is 2.80. The second kappa shape index (κ2) is 6.49. The van der Waals surface area contributed by atoms with E-state index in [4.69, 9.17) is 0 Å². The van der Waals surface area contributed by atoms with Crippen molar-refractivity contribution in [3.05, 3.63) is 72.3 Å². The van der Waals surface area contributed by atoms with Gasteiger partial charge in [-0.2, -0.15) is 0 Å². The molecule has 2 heterocycles. The van der Waals surface area contributed by atoms with Gasteiger partial charge in [-0.15, -0.1) is 22.0 Å². The Morgan fingerprint density at radius 1 is 1.17 bits per heavy atom. The number of carbonyl (C=O) groups is 1. The Kier molecular flexibility index (Phi) is 4.04. The van der Waals surface area contributed by atoms with Crippen molar-refractivity contribution in [2.24, 2.45) is 0 Å². The maximum Gasteiger partial charge on any atom is 0.228 e. The van der Waals surface area contributed by atoms with Gasteiger partial charge in [0.1, 0.15) is 6.33 Å². The molecule has 120 valence electrons. The van der Waals surface area contributed by atoms with E-state index < -0.39 is 0 Å². The fourth-order valence-corrected chi connectivity index (χ4v) is 4.08. The summed E-state index contributed by atoms with van der Waals surface area (Å²) in [5, 5.41) is 11.1. The molecule has 0 spiro atoms. The van der Waals surface area contributed by atoms with E-state index in [-0.39, 0.29) is 11.8 Å². The molecule has 5 nitrogen and oxygen atoms in total. The summed E-state index contributed by atoms with van der Waals surface area (Å²) in [5.74, 6) is 1.44. The molecule has 3 aromatic rings. The third-order valence-electron chi connectivity index (χ3n) is 4.09. The Bertz CT molecular complexity index is 862. The lowest BCUT2D eigenvalue weighted by atomic mass is 10.0. The normalized spacial score (nSPS) is 15.9. The van der Waals surface area contributed by atoms with Crippen LogP contribution in [0.25, 0.3) is 5.69 Å². The number of nitrogens with zero attached hydrogens (tertiary/aromatic N) is 3. The summed E-state index contributed by atoms with van der Waals surface area (Å²) < 4.78 is 1.89. The van der Waals surface area contributed by atoms with Crippen LogP contribution in [0.1, 0.15) is 17.3 Å². The van der Waals surface area contributed by atoms with Crippen LogP contribution in [0.5, 0.6) is 0 Å². The molecule has 2 aromatic carbocycles. The van der Waals surface area contributed by atoms with Crippen molar-refractivity contribution in [3.8, 4) is 5.69 Å². The minimum Gasteiger partial charge on any atom is -0.348 e. The molecule has 1 aromatic heterocycles. The molecule has 1 aliphatic heterocycles. The Balaban J connectivity index is 1.47. The number of fused-ring (bicyclic) bond motifs is 1. The predicted octanol–water partition coefficient (Wildman–Crippen LogP) is 2.77. The fraction of sp³-hybridized carbons (Fsp3) is 0.167. The standard InChI is InChI=1S/C18H16N4OS/c23-18(15-11-24-16-9-5-4-8-14(15)16)19-10-17-21-20-12-22(17)13-6-2-1-3-7-13/h1-9,12,15H,10-11H2,(H,19,23)/t15-/m0/s1. The van der Waals surface area contributed by atoms with Gasteiger partial charge in [0.05, 0.1) is 12.5 Å². The van der Waals surface area contributed by atoms with Gasteiger partial charge in [0, 0.05) is 16.3 Å². The molecule has 0 bridgehead atoms. The van der Waals surface area contributed by atoms with Crippen LogP contribution in [0.2, 0.25) is 0 Å². The molecule has 24 heavy (non-hydrogen) atoms. The van der Waals surface area contributed by atoms with E-state index in [9.17, 15) is 4.79 Å². The Morgan fingerprint density at radius 2 is 1.96 bits per heavy atom. The van der Waals surface area contributed by atoms with E-state index in [1.807, 2.05) is 53.1 Å². The first kappa shape index (κ1) is 15.0. The average molecular weight is 336 g/mol. The minimum atomic E-state index is -0.0979. The minimum absolute atomic E-state index is 0.0371. The molecule has 6 heteroatoms. The highest BCUT2D eigenvalue weighted by Crippen LogP contribution is 2.39. The highest BCUT2D eigenvalue weighted by molar-refractivity contribution is 7.99. The summed E-state index contributed by atoms with van der Waals surface area (Å²) in [4.78, 5) is 13.8. The van der Waals surface area contributed by atoms with Gasteiger partial charge in [0.25, 0.3) is 0 Å². The first-order valence-corrected chi connectivity index (χ1v) is 8.75. The van der Waals surface area contributed by atoms with E-state index in [0.717, 1.165) is 17.0 Å². The summed E-state index contributed by atoms with van der Waals surface area (Å²) in [6.07, 6.45) is 1.66. The molecular formula is C18H16N4OS. The van der Waals surface area contributed by atoms with Crippen LogP contribution >= 0.6 is 11.8 Å². The number of thioether (sulfide) groups is 1. The largest absolute Gasteiger partial charge is 0.348 e. The molecule has 0 unspecified atom stereocenters. The lowest BCUT2D eigenvalue weighted by molar-refractivity contribution is -0.122. The molecule has 0 aliphatic carbocycles. The molecule has 1 N–H and O–H groups in total. The van der Waals surface area contributed by atoms with Crippen LogP contribution in [0.4, 0.5) is 0 Å². The number of aromatic nitrogens is 3. The van der Waals surface area contributed by atoms with Crippen LogP contribution in [0.15, 0.2) is 65.8 Å². The highest BCUT2D eigenvalue weighted by atomic mass is 32.2. The smallest absolute Gasteiger partial charge is 0.228 e. The van der Waals surface area contributed by atoms with Crippen LogP contribution in [0.3, 0.4) is 0 Å². The Hall–Kier alpha value is -2.60. The molecule has 0 radical (unpaired) electrons. The van der Waals surface area contributed by atoms with Gasteiger partial charge in [0.2, 0.25) is 5.91 Å². The van der Waals surface area contributed by atoms with E-state index >= 15 is 0 Å². The molecular weight excluding hydrogens is 320 g/mol. The molecule has 1 aliphatic rings. The second-order valence-electron chi connectivity index (χ2n) is 5.57. The van der Waals surface area contributed by atoms with E-state index in [1.165, 1.54) is 4.90 Å². The summed E-state index contributed by atoms with van der Waals surface area (Å²) in [6, 6.07) is 18.0. The van der Waals surface area contributed by atoms with E-state index in [1.54, 1.807) is 18.1 Å². The van der Waals surface area contributed by atoms with Crippen molar-refractivity contribution in [2.45, 2.75) is 17.4 Å². The summed E-state index contributed by atoms with van der Waals surface area (Å²) in [7, 11) is 0. The van der Waals surface area contributed by atoms with Gasteiger partial charge >= 0.3 is 0 Å². The maximum atomic E-state index is 12.6. The third-order valence-corrected chi connectivity index (χ3v) is 5.27. The summed E-state index contributed by atoms with van der Waals surface area (Å²) >= 11 is 1.73. The summed E-state index contributed by atoms with van der Waals surface area (Å²) in [5.41, 5.74) is 2.10. The number of amides is 1. The lowest BCUT2D eigenvalue weighted by Crippen LogP contribution is -2.30. The maximum absolute atomic E-state index is 12.6. The fourth-order valence-electron chi connectivity index (χ4n) is 2.85. The number of carbonyl (C=O) groups excluding carboxylic acids is 1. The van der Waals surface area contributed by atoms with Crippen molar-refractivity contribution in [2.75, 3.05) is 5.75 Å². The number of nitrogens with one attached hydrogen (secondary N) is 1. The molecule has 1 atom stereocenters. The zero-order chi connectivity index (χ0) is 16.4. The zero-order valence-corrected chi connectivity index (χ0v) is 13.7. The lowest BCUT2D eigenvalue weighted by Gasteiger charge is -2.12. The van der Waals surface area contributed by atoms with Gasteiger partial charge in [-0.25, -0.2) is 0 Å². The van der Waals surface area contributed by atoms with Crippen molar-refractivity contribution in [1.29, 1.82) is 0 Å². The molecule has 0 fully saturated rings. The van der Waals surface area contributed by atoms with E-state index in [0.29, 0.717) is 12.4 Å². The van der Waals surface area contributed by atoms with Gasteiger partial charge < -0.3 is 5.32 Å². The molecule has 0 saturated heterocycles. The number of rotatable bonds is 4. The van der Waals surface area contributed by atoms with Crippen LogP contribution in [0, 0.1) is 0 Å².